The molecular formula is C15H14F2N2O2. The van der Waals surface area contributed by atoms with Crippen molar-refractivity contribution in [2.24, 2.45) is 5.10 Å². The molecule has 0 aliphatic rings. The Balaban J connectivity index is 2.14. The van der Waals surface area contributed by atoms with E-state index in [0.29, 0.717) is 17.1 Å². The highest BCUT2D eigenvalue weighted by molar-refractivity contribution is 5.84. The minimum atomic E-state index is -0.714. The number of hydrogen-bond donors (Lipinski definition) is 1. The van der Waals surface area contributed by atoms with Crippen LogP contribution in [0.2, 0.25) is 0 Å². The first-order chi connectivity index (χ1) is 10.1. The smallest absolute Gasteiger partial charge is 0.151 e. The first kappa shape index (κ1) is 14.8. The summed E-state index contributed by atoms with van der Waals surface area (Å²) in [4.78, 5) is 0. The molecule has 2 aromatic carbocycles. The lowest BCUT2D eigenvalue weighted by molar-refractivity contribution is 0.394. The summed E-state index contributed by atoms with van der Waals surface area (Å²) >= 11 is 0. The summed E-state index contributed by atoms with van der Waals surface area (Å²) in [6.45, 7) is 0. The minimum Gasteiger partial charge on any atom is -0.497 e. The number of halogens is 2. The molecule has 4 nitrogen and oxygen atoms in total. The number of hydrazone groups is 1. The Hall–Kier alpha value is -2.63. The summed E-state index contributed by atoms with van der Waals surface area (Å²) in [6.07, 6.45) is 1.47. The van der Waals surface area contributed by atoms with Gasteiger partial charge in [0.05, 0.1) is 26.1 Å². The standard InChI is InChI=1S/C15H14F2N2O2/c1-20-12-5-3-10(15(8-12)21-2)9-18-19-14-6-4-11(16)7-13(14)17/h3-9,19H,1-2H3. The SMILES string of the molecule is COc1ccc(C=NNc2ccc(F)cc2F)c(OC)c1. The molecule has 1 N–H and O–H groups in total. The van der Waals surface area contributed by atoms with Crippen LogP contribution >= 0.6 is 0 Å². The van der Waals surface area contributed by atoms with Crippen LogP contribution in [0.4, 0.5) is 14.5 Å². The molecule has 2 rings (SSSR count). The largest absolute Gasteiger partial charge is 0.497 e. The number of anilines is 1. The van der Waals surface area contributed by atoms with Gasteiger partial charge in [-0.3, -0.25) is 5.43 Å². The predicted molar refractivity (Wildman–Crippen MR) is 77.1 cm³/mol. The fraction of sp³-hybridized carbons (Fsp3) is 0.133. The van der Waals surface area contributed by atoms with Crippen molar-refractivity contribution in [3.63, 3.8) is 0 Å². The highest BCUT2D eigenvalue weighted by atomic mass is 19.1. The third kappa shape index (κ3) is 3.68. The number of nitrogens with zero attached hydrogens (tertiary/aromatic N) is 1. The van der Waals surface area contributed by atoms with E-state index in [4.69, 9.17) is 9.47 Å². The molecule has 0 heterocycles. The topological polar surface area (TPSA) is 42.8 Å². The van der Waals surface area contributed by atoms with Gasteiger partial charge >= 0.3 is 0 Å². The number of nitrogens with one attached hydrogen (secondary N) is 1. The molecule has 0 radical (unpaired) electrons. The van der Waals surface area contributed by atoms with Crippen molar-refractivity contribution in [2.45, 2.75) is 0 Å². The van der Waals surface area contributed by atoms with E-state index in [9.17, 15) is 8.78 Å². The van der Waals surface area contributed by atoms with E-state index in [1.165, 1.54) is 19.4 Å². The quantitative estimate of drug-likeness (QED) is 0.678. The van der Waals surface area contributed by atoms with Crippen molar-refractivity contribution in [2.75, 3.05) is 19.6 Å². The van der Waals surface area contributed by atoms with Crippen LogP contribution < -0.4 is 14.9 Å². The summed E-state index contributed by atoms with van der Waals surface area (Å²) < 4.78 is 36.5. The van der Waals surface area contributed by atoms with Gasteiger partial charge in [-0.05, 0) is 24.3 Å². The van der Waals surface area contributed by atoms with Gasteiger partial charge < -0.3 is 9.47 Å². The van der Waals surface area contributed by atoms with E-state index in [1.54, 1.807) is 25.3 Å². The zero-order chi connectivity index (χ0) is 15.2. The second-order valence-corrected chi connectivity index (χ2v) is 4.10. The summed E-state index contributed by atoms with van der Waals surface area (Å²) in [5, 5.41) is 3.91. The Labute approximate surface area is 121 Å². The monoisotopic (exact) mass is 292 g/mol. The summed E-state index contributed by atoms with van der Waals surface area (Å²) in [5.41, 5.74) is 3.28. The zero-order valence-electron chi connectivity index (χ0n) is 11.6. The molecule has 0 saturated carbocycles. The van der Waals surface area contributed by atoms with Crippen LogP contribution in [-0.4, -0.2) is 20.4 Å². The van der Waals surface area contributed by atoms with Crippen LogP contribution in [0, 0.1) is 11.6 Å². The minimum absolute atomic E-state index is 0.0835. The lowest BCUT2D eigenvalue weighted by Crippen LogP contribution is -1.96. The second kappa shape index (κ2) is 6.69. The molecule has 0 bridgehead atoms. The fourth-order valence-corrected chi connectivity index (χ4v) is 1.68. The number of benzene rings is 2. The molecule has 0 atom stereocenters. The van der Waals surface area contributed by atoms with Crippen molar-refractivity contribution >= 4 is 11.9 Å². The van der Waals surface area contributed by atoms with Crippen LogP contribution in [0.15, 0.2) is 41.5 Å². The Morgan fingerprint density at radius 1 is 1.05 bits per heavy atom. The first-order valence-electron chi connectivity index (χ1n) is 6.10. The predicted octanol–water partition coefficient (Wildman–Crippen LogP) is 3.43. The van der Waals surface area contributed by atoms with Crippen molar-refractivity contribution in [1.82, 2.24) is 0 Å². The average Bonchev–Trinajstić information content (AvgIpc) is 2.49. The normalized spacial score (nSPS) is 10.7. The van der Waals surface area contributed by atoms with Crippen LogP contribution in [0.25, 0.3) is 0 Å². The lowest BCUT2D eigenvalue weighted by Gasteiger charge is -2.07. The van der Waals surface area contributed by atoms with Crippen molar-refractivity contribution in [3.8, 4) is 11.5 Å². The maximum Gasteiger partial charge on any atom is 0.151 e. The highest BCUT2D eigenvalue weighted by Crippen LogP contribution is 2.23. The zero-order valence-corrected chi connectivity index (χ0v) is 11.6. The van der Waals surface area contributed by atoms with Gasteiger partial charge in [0.15, 0.2) is 5.82 Å². The van der Waals surface area contributed by atoms with E-state index in [1.807, 2.05) is 0 Å². The third-order valence-electron chi connectivity index (χ3n) is 2.76. The fourth-order valence-electron chi connectivity index (χ4n) is 1.68. The van der Waals surface area contributed by atoms with E-state index < -0.39 is 11.6 Å². The van der Waals surface area contributed by atoms with Gasteiger partial charge in [0.2, 0.25) is 0 Å². The second-order valence-electron chi connectivity index (χ2n) is 4.10. The third-order valence-corrected chi connectivity index (χ3v) is 2.76. The average molecular weight is 292 g/mol. The van der Waals surface area contributed by atoms with Crippen LogP contribution in [0.3, 0.4) is 0 Å². The highest BCUT2D eigenvalue weighted by Gasteiger charge is 2.04. The van der Waals surface area contributed by atoms with E-state index in [2.05, 4.69) is 10.5 Å². The molecule has 0 aromatic heterocycles. The summed E-state index contributed by atoms with van der Waals surface area (Å²) in [7, 11) is 3.08. The molecule has 21 heavy (non-hydrogen) atoms. The first-order valence-corrected chi connectivity index (χ1v) is 6.10. The van der Waals surface area contributed by atoms with E-state index in [0.717, 1.165) is 12.1 Å². The van der Waals surface area contributed by atoms with Gasteiger partial charge in [-0.1, -0.05) is 0 Å². The van der Waals surface area contributed by atoms with Gasteiger partial charge in [-0.2, -0.15) is 5.10 Å². The lowest BCUT2D eigenvalue weighted by atomic mass is 10.2. The number of methoxy groups -OCH3 is 2. The Morgan fingerprint density at radius 2 is 1.86 bits per heavy atom. The van der Waals surface area contributed by atoms with Crippen LogP contribution in [-0.2, 0) is 0 Å². The summed E-state index contributed by atoms with van der Waals surface area (Å²) in [5.74, 6) is -0.131. The van der Waals surface area contributed by atoms with Gasteiger partial charge in [-0.25, -0.2) is 8.78 Å². The van der Waals surface area contributed by atoms with Gasteiger partial charge in [0.25, 0.3) is 0 Å². The maximum atomic E-state index is 13.4. The van der Waals surface area contributed by atoms with Gasteiger partial charge in [0, 0.05) is 17.7 Å². The molecule has 6 heteroatoms. The molecule has 110 valence electrons. The van der Waals surface area contributed by atoms with Crippen molar-refractivity contribution < 1.29 is 18.3 Å². The number of rotatable bonds is 5. The number of ether oxygens (including phenoxy) is 2. The number of hydrogen-bond acceptors (Lipinski definition) is 4. The Bertz CT molecular complexity index is 660. The van der Waals surface area contributed by atoms with Gasteiger partial charge in [-0.15, -0.1) is 0 Å². The molecular weight excluding hydrogens is 278 g/mol. The molecule has 0 aliphatic heterocycles. The maximum absolute atomic E-state index is 13.4. The molecule has 2 aromatic rings. The molecule has 0 fully saturated rings. The van der Waals surface area contributed by atoms with Crippen molar-refractivity contribution in [3.05, 3.63) is 53.6 Å². The molecule has 0 amide bonds. The summed E-state index contributed by atoms with van der Waals surface area (Å²) in [6, 6.07) is 8.42. The molecule has 0 aliphatic carbocycles. The van der Waals surface area contributed by atoms with E-state index in [-0.39, 0.29) is 5.69 Å². The van der Waals surface area contributed by atoms with E-state index >= 15 is 0 Å². The Kier molecular flexibility index (Phi) is 4.71. The molecule has 0 saturated heterocycles. The molecule has 0 spiro atoms. The molecule has 0 unspecified atom stereocenters. The van der Waals surface area contributed by atoms with Crippen molar-refractivity contribution in [1.29, 1.82) is 0 Å². The van der Waals surface area contributed by atoms with Gasteiger partial charge in [0.1, 0.15) is 17.3 Å². The Morgan fingerprint density at radius 3 is 2.52 bits per heavy atom. The van der Waals surface area contributed by atoms with Crippen LogP contribution in [0.1, 0.15) is 5.56 Å². The van der Waals surface area contributed by atoms with Crippen LogP contribution in [0.5, 0.6) is 11.5 Å².